The van der Waals surface area contributed by atoms with Gasteiger partial charge in [0.1, 0.15) is 11.2 Å². The molecule has 0 saturated heterocycles. The maximum Gasteiger partial charge on any atom is 0.136 e. The molecule has 13 aromatic rings. The predicted molar refractivity (Wildman–Crippen MR) is 292 cm³/mol. The molecular formula is C67H45NO. The topological polar surface area (TPSA) is 16.4 Å². The summed E-state index contributed by atoms with van der Waals surface area (Å²) < 4.78 is 344. The van der Waals surface area contributed by atoms with E-state index in [-0.39, 0.29) is 21.7 Å². The van der Waals surface area contributed by atoms with E-state index in [9.17, 15) is 27.4 Å². The van der Waals surface area contributed by atoms with Crippen molar-refractivity contribution >= 4 is 82.1 Å². The van der Waals surface area contributed by atoms with Gasteiger partial charge in [-0.25, -0.2) is 0 Å². The summed E-state index contributed by atoms with van der Waals surface area (Å²) >= 11 is 0. The number of hydrogen-bond acceptors (Lipinski definition) is 2. The number of furan rings is 1. The fourth-order valence-electron chi connectivity index (χ4n) is 8.77. The zero-order chi connectivity index (χ0) is 76.8. The minimum absolute atomic E-state index is 0.0211. The number of anilines is 3. The van der Waals surface area contributed by atoms with E-state index in [0.29, 0.717) is 4.90 Å². The van der Waals surface area contributed by atoms with Crippen LogP contribution in [0, 0.1) is 0 Å². The van der Waals surface area contributed by atoms with E-state index in [1.165, 1.54) is 6.07 Å². The highest BCUT2D eigenvalue weighted by molar-refractivity contribution is 6.27. The fraction of sp³-hybridized carbons (Fsp3) is 0.0448. The largest absolute Gasteiger partial charge is 0.456 e. The lowest BCUT2D eigenvalue weighted by molar-refractivity contribution is 0.660. The lowest BCUT2D eigenvalue weighted by Gasteiger charge is -2.28. The molecule has 0 fully saturated rings. The Kier molecular flexibility index (Phi) is 3.89. The van der Waals surface area contributed by atoms with Gasteiger partial charge in [0, 0.05) is 37.4 Å². The van der Waals surface area contributed by atoms with Crippen molar-refractivity contribution in [2.45, 2.75) is 19.2 Å². The molecule has 1 unspecified atom stereocenters. The molecular weight excluding hydrogens is 835 g/mol. The maximum atomic E-state index is 10.6. The van der Waals surface area contributed by atoms with Crippen molar-refractivity contribution in [3.8, 4) is 44.5 Å². The van der Waals surface area contributed by atoms with Gasteiger partial charge in [-0.3, -0.25) is 0 Å². The van der Waals surface area contributed by atoms with E-state index >= 15 is 0 Å². The molecule has 0 amide bonds. The second kappa shape index (κ2) is 15.2. The lowest BCUT2D eigenvalue weighted by atomic mass is 9.82. The minimum Gasteiger partial charge on any atom is -0.456 e. The first kappa shape index (κ1) is 17.7. The highest BCUT2D eigenvalue weighted by Gasteiger charge is 2.35. The van der Waals surface area contributed by atoms with Crippen LogP contribution in [-0.4, -0.2) is 0 Å². The van der Waals surface area contributed by atoms with Crippen LogP contribution in [0.25, 0.3) is 110 Å². The van der Waals surface area contributed by atoms with Gasteiger partial charge in [-0.2, -0.15) is 0 Å². The van der Waals surface area contributed by atoms with Crippen molar-refractivity contribution in [1.82, 2.24) is 0 Å². The number of fused-ring (bicyclic) bond motifs is 13. The van der Waals surface area contributed by atoms with Crippen LogP contribution >= 0.6 is 0 Å². The Morgan fingerprint density at radius 2 is 1.03 bits per heavy atom. The van der Waals surface area contributed by atoms with Crippen LogP contribution in [0.3, 0.4) is 0 Å². The molecule has 1 aliphatic rings. The van der Waals surface area contributed by atoms with Gasteiger partial charge in [-0.15, -0.1) is 0 Å². The molecule has 324 valence electrons. The summed E-state index contributed by atoms with van der Waals surface area (Å²) in [6.07, 6.45) is 0. The Balaban J connectivity index is 1.19. The second-order valence-electron chi connectivity index (χ2n) is 15.9. The lowest BCUT2D eigenvalue weighted by Crippen LogP contribution is -2.16. The summed E-state index contributed by atoms with van der Waals surface area (Å²) in [6.45, 7) is -3.32. The standard InChI is InChI=1S/C67H45NO/c1-67(2)63-23-13-12-22-55(63)56-34-33-50(39-64(56)67)68(48-29-24-43(25-30-48)42-14-4-3-5-15-42)49-31-26-44(27-32-49)57-40-59-53-20-10-8-18-51(53)52-19-9-11-21-54(52)60(59)41-58(57)47-28-35-65-61(37-47)62-36-45-16-6-7-17-46(45)38-66(62)69-65/h3-41H,1-2H3/i1D,2D2,4D,6D,7D,8D,9D,10D,11D,13D,14D,15D,17D,18D,19D,20D,21D,22D,23D,24D,25D,26D,27D,28D,29D,30D,31D,32D,33D,34D,35D,37D,38D,40D,41D. The van der Waals surface area contributed by atoms with Crippen molar-refractivity contribution in [1.29, 1.82) is 0 Å². The van der Waals surface area contributed by atoms with Crippen LogP contribution in [0.5, 0.6) is 0 Å². The molecule has 1 atom stereocenters. The Morgan fingerprint density at radius 3 is 1.77 bits per heavy atom. The number of hydrogen-bond donors (Lipinski definition) is 0. The molecule has 69 heavy (non-hydrogen) atoms. The highest BCUT2D eigenvalue weighted by atomic mass is 16.3. The van der Waals surface area contributed by atoms with Crippen molar-refractivity contribution in [2.75, 3.05) is 4.90 Å². The third-order valence-electron chi connectivity index (χ3n) is 12.0. The number of benzene rings is 12. The minimum atomic E-state index is -2.43. The van der Waals surface area contributed by atoms with Crippen LogP contribution in [0.4, 0.5) is 17.1 Å². The van der Waals surface area contributed by atoms with Crippen molar-refractivity contribution in [2.24, 2.45) is 0 Å². The average molecular weight is 916 g/mol. The maximum absolute atomic E-state index is 10.6. The third kappa shape index (κ3) is 6.19. The Morgan fingerprint density at radius 1 is 0.391 bits per heavy atom. The van der Waals surface area contributed by atoms with Crippen molar-refractivity contribution < 1.29 is 53.8 Å². The third-order valence-corrected chi connectivity index (χ3v) is 12.0. The van der Waals surface area contributed by atoms with Gasteiger partial charge < -0.3 is 9.32 Å². The van der Waals surface area contributed by atoms with E-state index in [1.54, 1.807) is 0 Å². The Labute approximate surface area is 451 Å². The fourth-order valence-corrected chi connectivity index (χ4v) is 8.77. The molecule has 2 heteroatoms. The van der Waals surface area contributed by atoms with Crippen LogP contribution in [-0.2, 0) is 5.41 Å². The molecule has 0 bridgehead atoms. The van der Waals surface area contributed by atoms with Gasteiger partial charge in [-0.1, -0.05) is 177 Å². The molecule has 2 nitrogen and oxygen atoms in total. The summed E-state index contributed by atoms with van der Waals surface area (Å²) in [7, 11) is 0. The average Bonchev–Trinajstić information content (AvgIpc) is 1.63. The molecule has 0 radical (unpaired) electrons. The van der Waals surface area contributed by atoms with Gasteiger partial charge >= 0.3 is 0 Å². The van der Waals surface area contributed by atoms with Gasteiger partial charge in [0.2, 0.25) is 0 Å². The summed E-state index contributed by atoms with van der Waals surface area (Å²) in [6, 6.07) is -24.4. The molecule has 0 saturated carbocycles. The molecule has 0 N–H and O–H groups in total. The van der Waals surface area contributed by atoms with Gasteiger partial charge in [0.25, 0.3) is 0 Å². The van der Waals surface area contributed by atoms with Gasteiger partial charge in [0.05, 0.1) is 45.2 Å². The van der Waals surface area contributed by atoms with Crippen LogP contribution in [0.1, 0.15) is 74.2 Å². The molecule has 0 aliphatic heterocycles. The number of nitrogens with zero attached hydrogens (tertiary/aromatic N) is 1. The quantitative estimate of drug-likeness (QED) is 0.155. The smallest absolute Gasteiger partial charge is 0.136 e. The monoisotopic (exact) mass is 916 g/mol. The summed E-state index contributed by atoms with van der Waals surface area (Å²) in [5, 5.41) is -5.09. The van der Waals surface area contributed by atoms with E-state index in [2.05, 4.69) is 0 Å². The molecule has 12 aromatic carbocycles. The van der Waals surface area contributed by atoms with Gasteiger partial charge in [-0.05, 0) is 171 Å². The highest BCUT2D eigenvalue weighted by Crippen LogP contribution is 2.51. The molecule has 14 rings (SSSR count). The van der Waals surface area contributed by atoms with Crippen LogP contribution in [0.15, 0.2) is 240 Å². The number of rotatable bonds is 6. The summed E-state index contributed by atoms with van der Waals surface area (Å²) in [4.78, 5) is 0.470. The summed E-state index contributed by atoms with van der Waals surface area (Å²) in [5.41, 5.74) is -13.6. The summed E-state index contributed by atoms with van der Waals surface area (Å²) in [5.74, 6) is 0. The molecule has 1 aromatic heterocycles. The molecule has 0 spiro atoms. The van der Waals surface area contributed by atoms with E-state index in [4.69, 9.17) is 26.3 Å². The van der Waals surface area contributed by atoms with Crippen LogP contribution in [0.2, 0.25) is 0 Å². The second-order valence-corrected chi connectivity index (χ2v) is 15.9. The van der Waals surface area contributed by atoms with Crippen molar-refractivity contribution in [3.63, 3.8) is 0 Å². The zero-order valence-electron chi connectivity index (χ0n) is 71.1. The first-order valence-electron chi connectivity index (χ1n) is 39.3. The first-order chi connectivity index (χ1) is 49.2. The van der Waals surface area contributed by atoms with Crippen LogP contribution < -0.4 is 4.90 Å². The first-order valence-corrected chi connectivity index (χ1v) is 20.9. The van der Waals surface area contributed by atoms with E-state index in [0.717, 1.165) is 30.3 Å². The van der Waals surface area contributed by atoms with E-state index in [1.807, 2.05) is 0 Å². The Hall–Kier alpha value is -8.72. The molecule has 1 heterocycles. The SMILES string of the molecule is [2H]CC1(C([2H])[2H])c2cc(N(c3c([2H])c([2H])c(-c4c([2H])ccc([2H])c4[2H])c([2H])c3[2H])c3c([2H])c([2H])c(-c4c(-c5c([2H])c([2H])c6oc7c([2H])c8c([2H])c([2H])c([2H])cc8cc7c6c5[2H])c([2H])c5c6c([2H])c([2H])c([2H])c([2H])c6c6c([2H])c([2H])c([2H])c([2H])c6c5c4[2H])c([2H])c3[2H])c([2H])c([2H])c2-c2c([2H])cc([2H])c([2H])c21. The van der Waals surface area contributed by atoms with Crippen molar-refractivity contribution in [3.05, 3.63) is 247 Å². The zero-order valence-corrected chi connectivity index (χ0v) is 35.1. The predicted octanol–water partition coefficient (Wildman–Crippen LogP) is 19.0. The molecule has 1 aliphatic carbocycles. The van der Waals surface area contributed by atoms with Gasteiger partial charge in [0.15, 0.2) is 0 Å². The van der Waals surface area contributed by atoms with E-state index < -0.39 is 335 Å². The normalized spacial score (nSPS) is 21.6. The Bertz CT molecular complexity index is 6250.